The SMILES string of the molecule is CN(Cc1ccccc1)C(=O)c1ccc(Nc2ccc3c(c2)OCO3)nc1. The third kappa shape index (κ3) is 3.84. The summed E-state index contributed by atoms with van der Waals surface area (Å²) >= 11 is 0. The monoisotopic (exact) mass is 361 g/mol. The lowest BCUT2D eigenvalue weighted by Gasteiger charge is -2.17. The van der Waals surface area contributed by atoms with Gasteiger partial charge in [-0.1, -0.05) is 30.3 Å². The van der Waals surface area contributed by atoms with E-state index in [2.05, 4.69) is 10.3 Å². The molecular weight excluding hydrogens is 342 g/mol. The number of fused-ring (bicyclic) bond motifs is 1. The summed E-state index contributed by atoms with van der Waals surface area (Å²) < 4.78 is 10.7. The van der Waals surface area contributed by atoms with E-state index in [1.807, 2.05) is 48.5 Å². The number of ether oxygens (including phenoxy) is 2. The second-order valence-corrected chi connectivity index (χ2v) is 6.27. The van der Waals surface area contributed by atoms with Crippen LogP contribution in [0.1, 0.15) is 15.9 Å². The van der Waals surface area contributed by atoms with Crippen molar-refractivity contribution in [2.45, 2.75) is 6.54 Å². The molecule has 3 aromatic rings. The molecule has 1 aliphatic rings. The second-order valence-electron chi connectivity index (χ2n) is 6.27. The van der Waals surface area contributed by atoms with E-state index in [1.165, 1.54) is 0 Å². The molecule has 0 atom stereocenters. The van der Waals surface area contributed by atoms with Crippen LogP contribution in [0.25, 0.3) is 0 Å². The molecule has 0 saturated carbocycles. The summed E-state index contributed by atoms with van der Waals surface area (Å²) in [5.41, 5.74) is 2.47. The normalized spacial score (nSPS) is 11.9. The van der Waals surface area contributed by atoms with Crippen molar-refractivity contribution in [3.8, 4) is 11.5 Å². The highest BCUT2D eigenvalue weighted by Gasteiger charge is 2.14. The number of carbonyl (C=O) groups excluding carboxylic acids is 1. The van der Waals surface area contributed by atoms with Gasteiger partial charge in [0, 0.05) is 31.5 Å². The molecule has 0 spiro atoms. The molecule has 1 N–H and O–H groups in total. The first kappa shape index (κ1) is 16.9. The van der Waals surface area contributed by atoms with E-state index in [-0.39, 0.29) is 12.7 Å². The summed E-state index contributed by atoms with van der Waals surface area (Å²) in [4.78, 5) is 18.6. The van der Waals surface area contributed by atoms with Gasteiger partial charge in [0.25, 0.3) is 5.91 Å². The smallest absolute Gasteiger partial charge is 0.255 e. The van der Waals surface area contributed by atoms with Crippen molar-refractivity contribution in [1.29, 1.82) is 0 Å². The predicted molar refractivity (Wildman–Crippen MR) is 102 cm³/mol. The summed E-state index contributed by atoms with van der Waals surface area (Å²) in [6.07, 6.45) is 1.58. The van der Waals surface area contributed by atoms with E-state index in [9.17, 15) is 4.79 Å². The zero-order chi connectivity index (χ0) is 18.6. The minimum absolute atomic E-state index is 0.0685. The van der Waals surface area contributed by atoms with E-state index >= 15 is 0 Å². The van der Waals surface area contributed by atoms with Gasteiger partial charge in [-0.25, -0.2) is 4.98 Å². The Hall–Kier alpha value is -3.54. The molecule has 0 radical (unpaired) electrons. The Morgan fingerprint density at radius 2 is 1.89 bits per heavy atom. The second kappa shape index (κ2) is 7.37. The van der Waals surface area contributed by atoms with Crippen LogP contribution in [0.3, 0.4) is 0 Å². The molecule has 0 saturated heterocycles. The van der Waals surface area contributed by atoms with Crippen LogP contribution >= 0.6 is 0 Å². The number of nitrogens with one attached hydrogen (secondary N) is 1. The Labute approximate surface area is 157 Å². The van der Waals surface area contributed by atoms with E-state index in [4.69, 9.17) is 9.47 Å². The number of rotatable bonds is 5. The largest absolute Gasteiger partial charge is 0.454 e. The number of nitrogens with zero attached hydrogens (tertiary/aromatic N) is 2. The van der Waals surface area contributed by atoms with Crippen LogP contribution in [-0.4, -0.2) is 29.6 Å². The van der Waals surface area contributed by atoms with Gasteiger partial charge >= 0.3 is 0 Å². The highest BCUT2D eigenvalue weighted by Crippen LogP contribution is 2.34. The highest BCUT2D eigenvalue weighted by atomic mass is 16.7. The number of amides is 1. The maximum Gasteiger partial charge on any atom is 0.255 e. The standard InChI is InChI=1S/C21H19N3O3/c1-24(13-15-5-3-2-4-6-15)21(25)16-7-10-20(22-12-16)23-17-8-9-18-19(11-17)27-14-26-18/h2-12H,13-14H2,1H3,(H,22,23). The molecule has 0 unspecified atom stereocenters. The van der Waals surface area contributed by atoms with Gasteiger partial charge < -0.3 is 19.7 Å². The van der Waals surface area contributed by atoms with Crippen LogP contribution in [0.5, 0.6) is 11.5 Å². The van der Waals surface area contributed by atoms with Gasteiger partial charge in [0.05, 0.1) is 5.56 Å². The van der Waals surface area contributed by atoms with Crippen molar-refractivity contribution >= 4 is 17.4 Å². The van der Waals surface area contributed by atoms with Gasteiger partial charge in [0.2, 0.25) is 6.79 Å². The molecular formula is C21H19N3O3. The third-order valence-electron chi connectivity index (χ3n) is 4.26. The maximum atomic E-state index is 12.6. The van der Waals surface area contributed by atoms with Crippen molar-refractivity contribution in [1.82, 2.24) is 9.88 Å². The summed E-state index contributed by atoms with van der Waals surface area (Å²) in [6, 6.07) is 19.0. The Balaban J connectivity index is 1.41. The highest BCUT2D eigenvalue weighted by molar-refractivity contribution is 5.94. The molecule has 2 heterocycles. The molecule has 0 fully saturated rings. The van der Waals surface area contributed by atoms with Crippen LogP contribution in [0, 0.1) is 0 Å². The molecule has 1 amide bonds. The van der Waals surface area contributed by atoms with Gasteiger partial charge in [-0.2, -0.15) is 0 Å². The summed E-state index contributed by atoms with van der Waals surface area (Å²) in [6.45, 7) is 0.793. The lowest BCUT2D eigenvalue weighted by atomic mass is 10.2. The molecule has 0 aliphatic carbocycles. The van der Waals surface area contributed by atoms with Crippen LogP contribution in [0.15, 0.2) is 66.9 Å². The Morgan fingerprint density at radius 3 is 2.67 bits per heavy atom. The summed E-state index contributed by atoms with van der Waals surface area (Å²) in [7, 11) is 1.79. The first-order valence-corrected chi connectivity index (χ1v) is 8.61. The number of pyridine rings is 1. The molecule has 27 heavy (non-hydrogen) atoms. The fourth-order valence-corrected chi connectivity index (χ4v) is 2.87. The van der Waals surface area contributed by atoms with Gasteiger partial charge in [0.15, 0.2) is 11.5 Å². The fourth-order valence-electron chi connectivity index (χ4n) is 2.87. The van der Waals surface area contributed by atoms with Crippen LogP contribution in [-0.2, 0) is 6.54 Å². The number of anilines is 2. The van der Waals surface area contributed by atoms with Crippen molar-refractivity contribution in [2.75, 3.05) is 19.2 Å². The number of hydrogen-bond acceptors (Lipinski definition) is 5. The molecule has 0 bridgehead atoms. The van der Waals surface area contributed by atoms with Crippen molar-refractivity contribution in [3.63, 3.8) is 0 Å². The zero-order valence-corrected chi connectivity index (χ0v) is 14.9. The van der Waals surface area contributed by atoms with Crippen molar-refractivity contribution < 1.29 is 14.3 Å². The van der Waals surface area contributed by atoms with E-state index in [1.54, 1.807) is 30.3 Å². The zero-order valence-electron chi connectivity index (χ0n) is 14.9. The lowest BCUT2D eigenvalue weighted by Crippen LogP contribution is -2.26. The van der Waals surface area contributed by atoms with Gasteiger partial charge in [0.1, 0.15) is 5.82 Å². The van der Waals surface area contributed by atoms with Crippen molar-refractivity contribution in [3.05, 3.63) is 78.0 Å². The van der Waals surface area contributed by atoms with Crippen LogP contribution in [0.2, 0.25) is 0 Å². The molecule has 2 aromatic carbocycles. The fraction of sp³-hybridized carbons (Fsp3) is 0.143. The minimum Gasteiger partial charge on any atom is -0.454 e. The number of benzene rings is 2. The van der Waals surface area contributed by atoms with E-state index in [0.717, 1.165) is 17.0 Å². The van der Waals surface area contributed by atoms with Crippen LogP contribution in [0.4, 0.5) is 11.5 Å². The number of carbonyl (C=O) groups is 1. The molecule has 136 valence electrons. The Morgan fingerprint density at radius 1 is 1.07 bits per heavy atom. The molecule has 6 heteroatoms. The quantitative estimate of drug-likeness (QED) is 0.748. The maximum absolute atomic E-state index is 12.6. The summed E-state index contributed by atoms with van der Waals surface area (Å²) in [5, 5.41) is 3.20. The Bertz CT molecular complexity index is 943. The third-order valence-corrected chi connectivity index (χ3v) is 4.26. The first-order valence-electron chi connectivity index (χ1n) is 8.61. The van der Waals surface area contributed by atoms with Crippen molar-refractivity contribution in [2.24, 2.45) is 0 Å². The molecule has 6 nitrogen and oxygen atoms in total. The average Bonchev–Trinajstić information content (AvgIpc) is 3.16. The molecule has 1 aromatic heterocycles. The number of aromatic nitrogens is 1. The summed E-state index contributed by atoms with van der Waals surface area (Å²) in [5.74, 6) is 2.02. The minimum atomic E-state index is -0.0685. The molecule has 1 aliphatic heterocycles. The predicted octanol–water partition coefficient (Wildman–Crippen LogP) is 3.83. The van der Waals surface area contributed by atoms with Crippen LogP contribution < -0.4 is 14.8 Å². The number of hydrogen-bond donors (Lipinski definition) is 1. The van der Waals surface area contributed by atoms with Gasteiger partial charge in [-0.15, -0.1) is 0 Å². The average molecular weight is 361 g/mol. The lowest BCUT2D eigenvalue weighted by molar-refractivity contribution is 0.0784. The topological polar surface area (TPSA) is 63.7 Å². The molecule has 4 rings (SSSR count). The Kier molecular flexibility index (Phi) is 4.61. The van der Waals surface area contributed by atoms with Gasteiger partial charge in [-0.05, 0) is 29.8 Å². The van der Waals surface area contributed by atoms with Gasteiger partial charge in [-0.3, -0.25) is 4.79 Å². The van der Waals surface area contributed by atoms with E-state index in [0.29, 0.717) is 23.7 Å². The van der Waals surface area contributed by atoms with E-state index < -0.39 is 0 Å². The first-order chi connectivity index (χ1) is 13.2.